The van der Waals surface area contributed by atoms with Crippen LogP contribution in [0.25, 0.3) is 10.9 Å². The molecule has 3 aliphatic rings. The van der Waals surface area contributed by atoms with Crippen LogP contribution >= 0.6 is 24.8 Å². The summed E-state index contributed by atoms with van der Waals surface area (Å²) in [5, 5.41) is 11.3. The zero-order valence-electron chi connectivity index (χ0n) is 22.3. The van der Waals surface area contributed by atoms with Crippen molar-refractivity contribution < 1.29 is 19.4 Å². The van der Waals surface area contributed by atoms with E-state index in [2.05, 4.69) is 15.2 Å². The summed E-state index contributed by atoms with van der Waals surface area (Å²) < 4.78 is 5.90. The van der Waals surface area contributed by atoms with Crippen LogP contribution in [0.1, 0.15) is 57.4 Å². The van der Waals surface area contributed by atoms with Crippen LogP contribution in [0.2, 0.25) is 0 Å². The third kappa shape index (κ3) is 8.97. The zero-order chi connectivity index (χ0) is 25.3. The first-order chi connectivity index (χ1) is 17.6. The van der Waals surface area contributed by atoms with Crippen LogP contribution in [0, 0.1) is 5.92 Å². The number of amides is 2. The van der Waals surface area contributed by atoms with Crippen molar-refractivity contribution in [3.8, 4) is 5.75 Å². The topological polar surface area (TPSA) is 95.0 Å². The van der Waals surface area contributed by atoms with Crippen molar-refractivity contribution in [2.75, 3.05) is 51.3 Å². The van der Waals surface area contributed by atoms with E-state index in [1.807, 2.05) is 29.2 Å². The molecule has 2 aromatic rings. The molecule has 1 saturated heterocycles. The maximum atomic E-state index is 12.6. The number of hydrogen-bond acceptors (Lipinski definition) is 6. The van der Waals surface area contributed by atoms with Crippen LogP contribution in [0.5, 0.6) is 5.75 Å². The van der Waals surface area contributed by atoms with Crippen molar-refractivity contribution in [2.45, 2.75) is 58.3 Å². The van der Waals surface area contributed by atoms with Crippen molar-refractivity contribution >= 4 is 53.3 Å². The number of nitrogens with zero attached hydrogens (tertiary/aromatic N) is 3. The van der Waals surface area contributed by atoms with Gasteiger partial charge in [-0.1, -0.05) is 19.3 Å². The average Bonchev–Trinajstić information content (AvgIpc) is 3.25. The minimum Gasteiger partial charge on any atom is -0.494 e. The van der Waals surface area contributed by atoms with Gasteiger partial charge in [-0.05, 0) is 56.4 Å². The monoisotopic (exact) mass is 568 g/mol. The Labute approximate surface area is 238 Å². The third-order valence-electron chi connectivity index (χ3n) is 7.24. The number of halogens is 2. The number of fused-ring (bicyclic) bond motifs is 2. The van der Waals surface area contributed by atoms with Gasteiger partial charge in [0.2, 0.25) is 11.8 Å². The first kappa shape index (κ1) is 32.1. The average molecular weight is 570 g/mol. The maximum Gasteiger partial charge on any atom is 0.230 e. The van der Waals surface area contributed by atoms with Crippen LogP contribution in [-0.4, -0.2) is 77.6 Å². The maximum absolute atomic E-state index is 12.6. The van der Waals surface area contributed by atoms with Gasteiger partial charge in [-0.25, -0.2) is 4.98 Å². The van der Waals surface area contributed by atoms with Gasteiger partial charge < -0.3 is 20.1 Å². The lowest BCUT2D eigenvalue weighted by Gasteiger charge is -2.37. The fraction of sp³-hybridized carbons (Fsp3) is 0.607. The minimum atomic E-state index is -0.0143. The SMILES string of the molecule is CCO.Cl.Cl.O=C1Cc2cc3cc(OCCCC(=O)N4CCN(CC5CCCCC5)CC4)ccc3nc2N1. The molecule has 5 rings (SSSR count). The highest BCUT2D eigenvalue weighted by Crippen LogP contribution is 2.28. The Morgan fingerprint density at radius 1 is 1.11 bits per heavy atom. The van der Waals surface area contributed by atoms with E-state index in [-0.39, 0.29) is 43.2 Å². The summed E-state index contributed by atoms with van der Waals surface area (Å²) >= 11 is 0. The van der Waals surface area contributed by atoms with Gasteiger partial charge in [0.05, 0.1) is 18.5 Å². The number of aliphatic hydroxyl groups excluding tert-OH is 1. The van der Waals surface area contributed by atoms with Gasteiger partial charge >= 0.3 is 0 Å². The van der Waals surface area contributed by atoms with Gasteiger partial charge in [-0.15, -0.1) is 24.8 Å². The molecule has 10 heteroatoms. The normalized spacial score (nSPS) is 17.4. The lowest BCUT2D eigenvalue weighted by molar-refractivity contribution is -0.133. The summed E-state index contributed by atoms with van der Waals surface area (Å²) in [5.41, 5.74) is 1.76. The Bertz CT molecular complexity index is 1040. The number of pyridine rings is 1. The number of piperazine rings is 1. The zero-order valence-corrected chi connectivity index (χ0v) is 24.0. The lowest BCUT2D eigenvalue weighted by Crippen LogP contribution is -2.49. The highest BCUT2D eigenvalue weighted by molar-refractivity contribution is 6.00. The van der Waals surface area contributed by atoms with Gasteiger partial charge in [-0.2, -0.15) is 0 Å². The molecule has 0 radical (unpaired) electrons. The second-order valence-electron chi connectivity index (χ2n) is 10.0. The van der Waals surface area contributed by atoms with Gasteiger partial charge in [-0.3, -0.25) is 14.5 Å². The van der Waals surface area contributed by atoms with Gasteiger partial charge in [0.25, 0.3) is 0 Å². The highest BCUT2D eigenvalue weighted by atomic mass is 35.5. The van der Waals surface area contributed by atoms with Crippen LogP contribution < -0.4 is 10.1 Å². The summed E-state index contributed by atoms with van der Waals surface area (Å²) in [6.07, 6.45) is 8.56. The molecule has 0 spiro atoms. The molecule has 1 aliphatic carbocycles. The molecule has 2 fully saturated rings. The molecule has 2 aliphatic heterocycles. The van der Waals surface area contributed by atoms with E-state index in [0.29, 0.717) is 31.7 Å². The summed E-state index contributed by atoms with van der Waals surface area (Å²) in [6.45, 7) is 7.38. The Kier molecular flexibility index (Phi) is 13.6. The molecule has 2 N–H and O–H groups in total. The number of aliphatic hydroxyl groups is 1. The summed E-state index contributed by atoms with van der Waals surface area (Å²) in [4.78, 5) is 33.3. The highest BCUT2D eigenvalue weighted by Gasteiger charge is 2.24. The van der Waals surface area contributed by atoms with Crippen molar-refractivity contribution in [2.24, 2.45) is 5.92 Å². The second-order valence-corrected chi connectivity index (χ2v) is 10.0. The number of nitrogens with one attached hydrogen (secondary N) is 1. The second kappa shape index (κ2) is 16.1. The molecule has 38 heavy (non-hydrogen) atoms. The molecule has 2 amide bonds. The van der Waals surface area contributed by atoms with Crippen LogP contribution in [0.15, 0.2) is 24.3 Å². The van der Waals surface area contributed by atoms with Crippen molar-refractivity contribution in [3.63, 3.8) is 0 Å². The van der Waals surface area contributed by atoms with E-state index in [1.165, 1.54) is 38.6 Å². The number of benzene rings is 1. The van der Waals surface area contributed by atoms with Gasteiger partial charge in [0, 0.05) is 56.7 Å². The number of ether oxygens (including phenoxy) is 1. The Morgan fingerprint density at radius 2 is 1.82 bits per heavy atom. The van der Waals surface area contributed by atoms with E-state index in [9.17, 15) is 9.59 Å². The number of anilines is 1. The minimum absolute atomic E-state index is 0. The summed E-state index contributed by atoms with van der Waals surface area (Å²) in [5.74, 6) is 2.52. The number of rotatable bonds is 7. The fourth-order valence-electron chi connectivity index (χ4n) is 5.37. The van der Waals surface area contributed by atoms with E-state index < -0.39 is 0 Å². The first-order valence-electron chi connectivity index (χ1n) is 13.5. The molecule has 0 unspecified atom stereocenters. The van der Waals surface area contributed by atoms with Crippen LogP contribution in [0.4, 0.5) is 5.82 Å². The van der Waals surface area contributed by atoms with Crippen LogP contribution in [0.3, 0.4) is 0 Å². The van der Waals surface area contributed by atoms with E-state index >= 15 is 0 Å². The van der Waals surface area contributed by atoms with Crippen molar-refractivity contribution in [1.29, 1.82) is 0 Å². The summed E-state index contributed by atoms with van der Waals surface area (Å²) in [7, 11) is 0. The molecule has 0 atom stereocenters. The molecule has 0 bridgehead atoms. The van der Waals surface area contributed by atoms with E-state index in [0.717, 1.165) is 54.3 Å². The van der Waals surface area contributed by atoms with Crippen molar-refractivity contribution in [1.82, 2.24) is 14.8 Å². The summed E-state index contributed by atoms with van der Waals surface area (Å²) in [6, 6.07) is 7.76. The number of carbonyl (C=O) groups is 2. The standard InChI is InChI=1S/C26H34N4O3.C2H6O.2ClH/c31-24-17-21-15-20-16-22(8-9-23(20)27-26(21)28-24)33-14-4-7-25(32)30-12-10-29(11-13-30)18-19-5-2-1-3-6-19;1-2-3;;/h8-9,15-16,19H,1-7,10-14,17-18H2,(H,27,28,31);3H,2H2,1H3;2*1H. The molecule has 1 aromatic heterocycles. The largest absolute Gasteiger partial charge is 0.494 e. The fourth-order valence-corrected chi connectivity index (χ4v) is 5.37. The number of aromatic nitrogens is 1. The molecular formula is C28H42Cl2N4O4. The first-order valence-corrected chi connectivity index (χ1v) is 13.5. The van der Waals surface area contributed by atoms with E-state index in [4.69, 9.17) is 9.84 Å². The Balaban J connectivity index is 0.000000969. The van der Waals surface area contributed by atoms with Gasteiger partial charge in [0.1, 0.15) is 11.6 Å². The molecular weight excluding hydrogens is 527 g/mol. The van der Waals surface area contributed by atoms with Crippen molar-refractivity contribution in [3.05, 3.63) is 29.8 Å². The number of carbonyl (C=O) groups excluding carboxylic acids is 2. The molecule has 1 saturated carbocycles. The predicted molar refractivity (Wildman–Crippen MR) is 156 cm³/mol. The molecule has 212 valence electrons. The molecule has 1 aromatic carbocycles. The smallest absolute Gasteiger partial charge is 0.230 e. The Hall–Kier alpha value is -2.13. The predicted octanol–water partition coefficient (Wildman–Crippen LogP) is 4.46. The van der Waals surface area contributed by atoms with E-state index in [1.54, 1.807) is 6.92 Å². The van der Waals surface area contributed by atoms with Gasteiger partial charge in [0.15, 0.2) is 0 Å². The Morgan fingerprint density at radius 3 is 2.53 bits per heavy atom. The number of hydrogen-bond donors (Lipinski definition) is 2. The molecule has 3 heterocycles. The van der Waals surface area contributed by atoms with Crippen LogP contribution in [-0.2, 0) is 16.0 Å². The molecule has 8 nitrogen and oxygen atoms in total. The lowest BCUT2D eigenvalue weighted by atomic mass is 9.89. The quantitative estimate of drug-likeness (QED) is 0.479. The third-order valence-corrected chi connectivity index (χ3v) is 7.24.